The number of carbonyl (C=O) groups excluding carboxylic acids is 1. The van der Waals surface area contributed by atoms with Gasteiger partial charge in [-0.2, -0.15) is 0 Å². The first-order valence-corrected chi connectivity index (χ1v) is 17.5. The third-order valence-electron chi connectivity index (χ3n) is 8.16. The largest absolute Gasteiger partial charge is 0.466 e. The molecule has 0 amide bonds. The molecule has 0 N–H and O–H groups in total. The van der Waals surface area contributed by atoms with E-state index in [1.807, 2.05) is 0 Å². The predicted octanol–water partition coefficient (Wildman–Crippen LogP) is 12.6. The molecule has 2 heteroatoms. The summed E-state index contributed by atoms with van der Waals surface area (Å²) in [6.45, 7) is 14.7. The Bertz CT molecular complexity index is 629. The molecule has 0 bridgehead atoms. The van der Waals surface area contributed by atoms with Crippen molar-refractivity contribution in [2.75, 3.05) is 6.61 Å². The summed E-state index contributed by atoms with van der Waals surface area (Å²) in [5.74, 6) is 3.20. The van der Waals surface area contributed by atoms with Crippen molar-refractivity contribution in [2.45, 2.75) is 170 Å². The molecule has 2 nitrogen and oxygen atoms in total. The summed E-state index contributed by atoms with van der Waals surface area (Å²) < 4.78 is 5.50. The molecule has 0 aromatic heterocycles. The van der Waals surface area contributed by atoms with E-state index in [-0.39, 0.29) is 5.97 Å². The number of carbonyl (C=O) groups is 1. The average Bonchev–Trinajstić information content (AvgIpc) is 2.90. The number of unbranched alkanes of at least 4 members (excludes halogenated alkanes) is 5. The molecule has 0 fully saturated rings. The summed E-state index contributed by atoms with van der Waals surface area (Å²) in [6, 6.07) is 0. The Kier molecular flexibility index (Phi) is 28.2. The first kappa shape index (κ1) is 38.7. The van der Waals surface area contributed by atoms with Crippen LogP contribution >= 0.6 is 0 Å². The van der Waals surface area contributed by atoms with Crippen LogP contribution in [0.2, 0.25) is 0 Å². The van der Waals surface area contributed by atoms with E-state index < -0.39 is 0 Å². The number of allylic oxidation sites excluding steroid dienone is 6. The third kappa shape index (κ3) is 29.7. The molecule has 0 aliphatic carbocycles. The second kappa shape index (κ2) is 29.2. The van der Waals surface area contributed by atoms with Crippen molar-refractivity contribution in [1.82, 2.24) is 0 Å². The molecular weight excluding hydrogens is 488 g/mol. The van der Waals surface area contributed by atoms with E-state index in [1.54, 1.807) is 0 Å². The highest BCUT2D eigenvalue weighted by Crippen LogP contribution is 2.22. The number of ether oxygens (including phenoxy) is 1. The standard InChI is InChI=1S/C38H70O2/c1-7-8-9-10-11-12-13-14-15-16-17-18-19-20-21-31-38(39)40-33-32-37(6)30-24-29-36(5)28-23-27-35(4)26-22-25-34(2)3/h11-12,14-15,17-18,34-37H,7-10,13,16,19-33H2,1-6H3. The van der Waals surface area contributed by atoms with Crippen LogP contribution in [-0.4, -0.2) is 12.6 Å². The van der Waals surface area contributed by atoms with Gasteiger partial charge in [-0.25, -0.2) is 0 Å². The molecule has 3 unspecified atom stereocenters. The highest BCUT2D eigenvalue weighted by atomic mass is 16.5. The molecule has 234 valence electrons. The maximum atomic E-state index is 12.0. The van der Waals surface area contributed by atoms with Gasteiger partial charge in [0, 0.05) is 6.42 Å². The fourth-order valence-corrected chi connectivity index (χ4v) is 5.20. The Balaban J connectivity index is 3.59. The van der Waals surface area contributed by atoms with Gasteiger partial charge in [0.25, 0.3) is 0 Å². The smallest absolute Gasteiger partial charge is 0.305 e. The lowest BCUT2D eigenvalue weighted by Gasteiger charge is -2.16. The maximum Gasteiger partial charge on any atom is 0.305 e. The zero-order valence-corrected chi connectivity index (χ0v) is 27.9. The summed E-state index contributed by atoms with van der Waals surface area (Å²) in [5, 5.41) is 0. The topological polar surface area (TPSA) is 26.3 Å². The molecule has 0 aromatic carbocycles. The van der Waals surface area contributed by atoms with Crippen molar-refractivity contribution >= 4 is 5.97 Å². The molecule has 0 heterocycles. The Morgan fingerprint density at radius 3 is 1.50 bits per heavy atom. The lowest BCUT2D eigenvalue weighted by atomic mass is 9.91. The van der Waals surface area contributed by atoms with Crippen LogP contribution in [0, 0.1) is 23.7 Å². The quantitative estimate of drug-likeness (QED) is 0.0542. The molecule has 0 spiro atoms. The van der Waals surface area contributed by atoms with Gasteiger partial charge in [-0.15, -0.1) is 0 Å². The Morgan fingerprint density at radius 2 is 1.00 bits per heavy atom. The van der Waals surface area contributed by atoms with E-state index in [2.05, 4.69) is 78.0 Å². The van der Waals surface area contributed by atoms with Gasteiger partial charge in [0.1, 0.15) is 0 Å². The molecule has 3 atom stereocenters. The number of rotatable bonds is 28. The number of esters is 1. The lowest BCUT2D eigenvalue weighted by molar-refractivity contribution is -0.144. The predicted molar refractivity (Wildman–Crippen MR) is 179 cm³/mol. The summed E-state index contributed by atoms with van der Waals surface area (Å²) in [5.41, 5.74) is 0. The Morgan fingerprint density at radius 1 is 0.550 bits per heavy atom. The SMILES string of the molecule is CCCCCC=CCC=CCC=CCCCCC(=O)OCCC(C)CCCC(C)CCCC(C)CCCC(C)C. The second-order valence-corrected chi connectivity index (χ2v) is 13.1. The van der Waals surface area contributed by atoms with Crippen LogP contribution in [0.1, 0.15) is 170 Å². The van der Waals surface area contributed by atoms with Crippen LogP contribution in [0.3, 0.4) is 0 Å². The molecule has 0 saturated heterocycles. The summed E-state index contributed by atoms with van der Waals surface area (Å²) >= 11 is 0. The molecule has 0 aliphatic rings. The lowest BCUT2D eigenvalue weighted by Crippen LogP contribution is -2.09. The van der Waals surface area contributed by atoms with Gasteiger partial charge >= 0.3 is 5.97 Å². The van der Waals surface area contributed by atoms with Crippen LogP contribution in [-0.2, 0) is 9.53 Å². The monoisotopic (exact) mass is 559 g/mol. The van der Waals surface area contributed by atoms with Crippen LogP contribution < -0.4 is 0 Å². The van der Waals surface area contributed by atoms with Crippen LogP contribution in [0.5, 0.6) is 0 Å². The van der Waals surface area contributed by atoms with Gasteiger partial charge in [0.05, 0.1) is 6.61 Å². The first-order valence-electron chi connectivity index (χ1n) is 17.5. The highest BCUT2D eigenvalue weighted by Gasteiger charge is 2.09. The van der Waals surface area contributed by atoms with Gasteiger partial charge in [0.2, 0.25) is 0 Å². The second-order valence-electron chi connectivity index (χ2n) is 13.1. The fraction of sp³-hybridized carbons (Fsp3) is 0.816. The van der Waals surface area contributed by atoms with Crippen LogP contribution in [0.4, 0.5) is 0 Å². The minimum absolute atomic E-state index is 0.0195. The molecule has 0 aromatic rings. The van der Waals surface area contributed by atoms with Crippen molar-refractivity contribution in [3.8, 4) is 0 Å². The molecule has 0 saturated carbocycles. The van der Waals surface area contributed by atoms with Crippen LogP contribution in [0.25, 0.3) is 0 Å². The van der Waals surface area contributed by atoms with Crippen LogP contribution in [0.15, 0.2) is 36.5 Å². The average molecular weight is 559 g/mol. The third-order valence-corrected chi connectivity index (χ3v) is 8.16. The number of hydrogen-bond donors (Lipinski definition) is 0. The van der Waals surface area contributed by atoms with Crippen molar-refractivity contribution in [1.29, 1.82) is 0 Å². The minimum Gasteiger partial charge on any atom is -0.466 e. The zero-order chi connectivity index (χ0) is 29.7. The minimum atomic E-state index is -0.0195. The van der Waals surface area contributed by atoms with Crippen molar-refractivity contribution < 1.29 is 9.53 Å². The molecule has 0 rings (SSSR count). The van der Waals surface area contributed by atoms with Gasteiger partial charge in [-0.1, -0.05) is 149 Å². The number of hydrogen-bond acceptors (Lipinski definition) is 2. The molecular formula is C38H70O2. The van der Waals surface area contributed by atoms with Gasteiger partial charge in [-0.05, 0) is 75.0 Å². The van der Waals surface area contributed by atoms with E-state index in [1.165, 1.54) is 83.5 Å². The normalized spacial score (nSPS) is 14.6. The zero-order valence-electron chi connectivity index (χ0n) is 27.9. The van der Waals surface area contributed by atoms with E-state index in [0.717, 1.165) is 56.3 Å². The van der Waals surface area contributed by atoms with Gasteiger partial charge in [0.15, 0.2) is 0 Å². The maximum absolute atomic E-state index is 12.0. The summed E-state index contributed by atoms with van der Waals surface area (Å²) in [6.07, 6.45) is 37.6. The van der Waals surface area contributed by atoms with Gasteiger partial charge < -0.3 is 4.74 Å². The molecule has 40 heavy (non-hydrogen) atoms. The van der Waals surface area contributed by atoms with Crippen molar-refractivity contribution in [3.63, 3.8) is 0 Å². The van der Waals surface area contributed by atoms with E-state index in [0.29, 0.717) is 18.9 Å². The summed E-state index contributed by atoms with van der Waals surface area (Å²) in [4.78, 5) is 12.0. The van der Waals surface area contributed by atoms with E-state index in [9.17, 15) is 4.79 Å². The van der Waals surface area contributed by atoms with Crippen molar-refractivity contribution in [2.24, 2.45) is 23.7 Å². The van der Waals surface area contributed by atoms with Crippen molar-refractivity contribution in [3.05, 3.63) is 36.5 Å². The van der Waals surface area contributed by atoms with Gasteiger partial charge in [-0.3, -0.25) is 4.79 Å². The molecule has 0 radical (unpaired) electrons. The van der Waals surface area contributed by atoms with E-state index >= 15 is 0 Å². The fourth-order valence-electron chi connectivity index (χ4n) is 5.20. The van der Waals surface area contributed by atoms with E-state index in [4.69, 9.17) is 4.74 Å². The Labute approximate surface area is 251 Å². The summed E-state index contributed by atoms with van der Waals surface area (Å²) in [7, 11) is 0. The molecule has 0 aliphatic heterocycles. The first-order chi connectivity index (χ1) is 19.3. The highest BCUT2D eigenvalue weighted by molar-refractivity contribution is 5.69. The Hall–Kier alpha value is -1.31.